The maximum absolute atomic E-state index is 12.3. The topological polar surface area (TPSA) is 80.2 Å². The highest BCUT2D eigenvalue weighted by Gasteiger charge is 2.21. The molecule has 1 heterocycles. The average Bonchev–Trinajstić information content (AvgIpc) is 3.08. The van der Waals surface area contributed by atoms with E-state index in [0.717, 1.165) is 18.5 Å². The van der Waals surface area contributed by atoms with E-state index in [4.69, 9.17) is 11.6 Å². The van der Waals surface area contributed by atoms with Gasteiger partial charge < -0.3 is 9.88 Å². The Kier molecular flexibility index (Phi) is 6.39. The fraction of sp³-hybridized carbons (Fsp3) is 0.250. The molecule has 1 atom stereocenters. The molecule has 0 spiro atoms. The average molecular weight is 420 g/mol. The second-order valence-electron chi connectivity index (χ2n) is 6.51. The van der Waals surface area contributed by atoms with Crippen molar-refractivity contribution in [1.82, 2.24) is 14.6 Å². The third-order valence-electron chi connectivity index (χ3n) is 4.40. The highest BCUT2D eigenvalue weighted by Crippen LogP contribution is 2.15. The Morgan fingerprint density at radius 1 is 1.11 bits per heavy atom. The fourth-order valence-corrected chi connectivity index (χ4v) is 4.25. The number of aromatic nitrogens is 1. The van der Waals surface area contributed by atoms with Crippen LogP contribution in [0.2, 0.25) is 5.02 Å². The van der Waals surface area contributed by atoms with E-state index in [2.05, 4.69) is 32.8 Å². The summed E-state index contributed by atoms with van der Waals surface area (Å²) < 4.78 is 29.2. The van der Waals surface area contributed by atoms with Gasteiger partial charge in [-0.2, -0.15) is 4.72 Å². The number of nitrogens with zero attached hydrogens (tertiary/aromatic N) is 1. The van der Waals surface area contributed by atoms with Crippen molar-refractivity contribution in [2.75, 3.05) is 6.54 Å². The van der Waals surface area contributed by atoms with Crippen molar-refractivity contribution in [3.8, 4) is 0 Å². The summed E-state index contributed by atoms with van der Waals surface area (Å²) in [7, 11) is -3.79. The molecule has 6 nitrogen and oxygen atoms in total. The van der Waals surface area contributed by atoms with Crippen molar-refractivity contribution < 1.29 is 13.2 Å². The van der Waals surface area contributed by atoms with Crippen LogP contribution in [0.4, 0.5) is 0 Å². The van der Waals surface area contributed by atoms with E-state index in [1.165, 1.54) is 36.6 Å². The van der Waals surface area contributed by atoms with Crippen LogP contribution in [0.1, 0.15) is 13.3 Å². The maximum atomic E-state index is 12.3. The lowest BCUT2D eigenvalue weighted by molar-refractivity contribution is -0.122. The Hall–Kier alpha value is -2.35. The molecule has 0 fully saturated rings. The van der Waals surface area contributed by atoms with E-state index in [0.29, 0.717) is 11.6 Å². The Labute approximate surface area is 169 Å². The van der Waals surface area contributed by atoms with Gasteiger partial charge in [0, 0.05) is 29.8 Å². The van der Waals surface area contributed by atoms with Gasteiger partial charge in [0.05, 0.1) is 10.9 Å². The normalized spacial score (nSPS) is 12.8. The second-order valence-corrected chi connectivity index (χ2v) is 8.66. The van der Waals surface area contributed by atoms with Crippen LogP contribution in [0.15, 0.2) is 65.7 Å². The molecule has 2 N–H and O–H groups in total. The Morgan fingerprint density at radius 3 is 2.57 bits per heavy atom. The number of sulfonamides is 1. The third-order valence-corrected chi connectivity index (χ3v) is 6.21. The summed E-state index contributed by atoms with van der Waals surface area (Å²) in [6.07, 6.45) is 2.76. The molecule has 0 radical (unpaired) electrons. The first-order valence-corrected chi connectivity index (χ1v) is 10.8. The van der Waals surface area contributed by atoms with Crippen molar-refractivity contribution in [3.63, 3.8) is 0 Å². The Bertz CT molecular complexity index is 1060. The number of benzene rings is 2. The summed E-state index contributed by atoms with van der Waals surface area (Å²) >= 11 is 5.78. The molecule has 8 heteroatoms. The minimum Gasteiger partial charge on any atom is -0.355 e. The Balaban J connectivity index is 1.48. The number of halogens is 1. The van der Waals surface area contributed by atoms with Gasteiger partial charge in [-0.3, -0.25) is 4.79 Å². The summed E-state index contributed by atoms with van der Waals surface area (Å²) in [4.78, 5) is 12.3. The van der Waals surface area contributed by atoms with Gasteiger partial charge in [-0.1, -0.05) is 29.8 Å². The van der Waals surface area contributed by atoms with Crippen LogP contribution in [0.5, 0.6) is 0 Å². The minimum absolute atomic E-state index is 0.0658. The number of fused-ring (bicyclic) bond motifs is 1. The van der Waals surface area contributed by atoms with Crippen LogP contribution in [-0.4, -0.2) is 31.5 Å². The quantitative estimate of drug-likeness (QED) is 0.550. The molecule has 0 saturated carbocycles. The monoisotopic (exact) mass is 419 g/mol. The van der Waals surface area contributed by atoms with Gasteiger partial charge in [-0.15, -0.1) is 0 Å². The Morgan fingerprint density at radius 2 is 1.82 bits per heavy atom. The smallest absolute Gasteiger partial charge is 0.241 e. The summed E-state index contributed by atoms with van der Waals surface area (Å²) in [5.41, 5.74) is 1.15. The first-order valence-electron chi connectivity index (χ1n) is 8.96. The molecule has 0 unspecified atom stereocenters. The largest absolute Gasteiger partial charge is 0.355 e. The van der Waals surface area contributed by atoms with Crippen LogP contribution in [0.3, 0.4) is 0 Å². The van der Waals surface area contributed by atoms with Gasteiger partial charge in [-0.05, 0) is 55.1 Å². The molecule has 0 aliphatic carbocycles. The van der Waals surface area contributed by atoms with Crippen LogP contribution in [0, 0.1) is 0 Å². The van der Waals surface area contributed by atoms with Crippen molar-refractivity contribution in [3.05, 3.63) is 65.8 Å². The summed E-state index contributed by atoms with van der Waals surface area (Å²) in [5.74, 6) is -0.366. The molecule has 2 aromatic carbocycles. The number of carbonyl (C=O) groups is 1. The number of nitrogens with one attached hydrogen (secondary N) is 2. The van der Waals surface area contributed by atoms with E-state index in [1.54, 1.807) is 0 Å². The van der Waals surface area contributed by atoms with Crippen molar-refractivity contribution in [2.24, 2.45) is 0 Å². The summed E-state index contributed by atoms with van der Waals surface area (Å²) in [6, 6.07) is 15.1. The van der Waals surface area contributed by atoms with E-state index >= 15 is 0 Å². The van der Waals surface area contributed by atoms with Crippen LogP contribution in [-0.2, 0) is 21.4 Å². The predicted molar refractivity (Wildman–Crippen MR) is 111 cm³/mol. The first kappa shape index (κ1) is 20.4. The molecule has 0 saturated heterocycles. The number of hydrogen-bond donors (Lipinski definition) is 2. The first-order chi connectivity index (χ1) is 13.4. The van der Waals surface area contributed by atoms with Gasteiger partial charge in [-0.25, -0.2) is 8.42 Å². The maximum Gasteiger partial charge on any atom is 0.241 e. The van der Waals surface area contributed by atoms with E-state index < -0.39 is 16.1 Å². The van der Waals surface area contributed by atoms with E-state index in [-0.39, 0.29) is 10.8 Å². The van der Waals surface area contributed by atoms with Gasteiger partial charge in [0.25, 0.3) is 0 Å². The van der Waals surface area contributed by atoms with Crippen molar-refractivity contribution in [1.29, 1.82) is 0 Å². The molecule has 0 aliphatic rings. The molecule has 0 bridgehead atoms. The molecular weight excluding hydrogens is 398 g/mol. The fourth-order valence-electron chi connectivity index (χ4n) is 2.92. The van der Waals surface area contributed by atoms with E-state index in [1.807, 2.05) is 18.3 Å². The second kappa shape index (κ2) is 8.77. The van der Waals surface area contributed by atoms with Crippen LogP contribution >= 0.6 is 11.6 Å². The molecule has 1 aromatic heterocycles. The van der Waals surface area contributed by atoms with Gasteiger partial charge in [0.15, 0.2) is 0 Å². The van der Waals surface area contributed by atoms with Crippen LogP contribution < -0.4 is 10.0 Å². The lowest BCUT2D eigenvalue weighted by Gasteiger charge is -2.15. The molecular formula is C20H22ClN3O3S. The molecule has 3 rings (SSSR count). The third kappa shape index (κ3) is 4.92. The number of carbonyl (C=O) groups excluding carboxylic acids is 1. The lowest BCUT2D eigenvalue weighted by Crippen LogP contribution is -2.45. The standard InChI is InChI=1S/C20H22ClN3O3S/c1-15(23-28(26,27)18-9-7-17(21)8-10-18)20(25)22-12-4-13-24-14-11-16-5-2-3-6-19(16)24/h2-3,5-11,14-15,23H,4,12-13H2,1H3,(H,22,25)/t15-/m1/s1. The molecule has 1 amide bonds. The molecule has 148 valence electrons. The SMILES string of the molecule is C[C@@H](NS(=O)(=O)c1ccc(Cl)cc1)C(=O)NCCCn1ccc2ccccc21. The van der Waals surface area contributed by atoms with Crippen molar-refractivity contribution in [2.45, 2.75) is 30.8 Å². The highest BCUT2D eigenvalue weighted by molar-refractivity contribution is 7.89. The molecule has 28 heavy (non-hydrogen) atoms. The van der Waals surface area contributed by atoms with Crippen molar-refractivity contribution >= 4 is 38.4 Å². The molecule has 0 aliphatic heterocycles. The minimum atomic E-state index is -3.79. The van der Waals surface area contributed by atoms with Gasteiger partial charge in [0.2, 0.25) is 15.9 Å². The number of para-hydroxylation sites is 1. The molecule has 3 aromatic rings. The zero-order valence-electron chi connectivity index (χ0n) is 15.4. The zero-order chi connectivity index (χ0) is 20.1. The lowest BCUT2D eigenvalue weighted by atomic mass is 10.2. The predicted octanol–water partition coefficient (Wildman–Crippen LogP) is 3.17. The number of amides is 1. The number of aryl methyl sites for hydroxylation is 1. The summed E-state index contributed by atoms with van der Waals surface area (Å²) in [5, 5.41) is 4.40. The van der Waals surface area contributed by atoms with Gasteiger partial charge in [0.1, 0.15) is 0 Å². The number of rotatable bonds is 8. The highest BCUT2D eigenvalue weighted by atomic mass is 35.5. The van der Waals surface area contributed by atoms with Gasteiger partial charge >= 0.3 is 0 Å². The van der Waals surface area contributed by atoms with E-state index in [9.17, 15) is 13.2 Å². The number of hydrogen-bond acceptors (Lipinski definition) is 3. The zero-order valence-corrected chi connectivity index (χ0v) is 17.0. The summed E-state index contributed by atoms with van der Waals surface area (Å²) in [6.45, 7) is 2.74. The van der Waals surface area contributed by atoms with Crippen LogP contribution in [0.25, 0.3) is 10.9 Å².